The lowest BCUT2D eigenvalue weighted by Gasteiger charge is -2.13. The molecule has 1 heterocycles. The Morgan fingerprint density at radius 1 is 1.26 bits per heavy atom. The summed E-state index contributed by atoms with van der Waals surface area (Å²) in [7, 11) is 0. The largest absolute Gasteiger partial charge is 0.339 e. The molecule has 19 heavy (non-hydrogen) atoms. The Bertz CT molecular complexity index is 569. The SMILES string of the molecule is CC(C)C(CN)c1nc(-c2ccc(Cl)c(Cl)c2)no1. The zero-order valence-electron chi connectivity index (χ0n) is 10.7. The highest BCUT2D eigenvalue weighted by Gasteiger charge is 2.21. The summed E-state index contributed by atoms with van der Waals surface area (Å²) in [5, 5.41) is 4.92. The number of nitrogens with two attached hydrogens (primary N) is 1. The zero-order valence-corrected chi connectivity index (χ0v) is 12.2. The summed E-state index contributed by atoms with van der Waals surface area (Å²) in [5.74, 6) is 1.45. The first-order chi connectivity index (χ1) is 9.02. The van der Waals surface area contributed by atoms with E-state index in [2.05, 4.69) is 24.0 Å². The van der Waals surface area contributed by atoms with Crippen LogP contribution in [0.2, 0.25) is 10.0 Å². The van der Waals surface area contributed by atoms with Gasteiger partial charge in [0.2, 0.25) is 11.7 Å². The molecule has 102 valence electrons. The first-order valence-corrected chi connectivity index (χ1v) is 6.77. The minimum atomic E-state index is 0.0593. The van der Waals surface area contributed by atoms with Crippen molar-refractivity contribution in [3.05, 3.63) is 34.1 Å². The van der Waals surface area contributed by atoms with Crippen LogP contribution >= 0.6 is 23.2 Å². The van der Waals surface area contributed by atoms with Gasteiger partial charge < -0.3 is 10.3 Å². The zero-order chi connectivity index (χ0) is 14.0. The standard InChI is InChI=1S/C13H15Cl2N3O/c1-7(2)9(6-16)13-17-12(18-19-13)8-3-4-10(14)11(15)5-8/h3-5,7,9H,6,16H2,1-2H3. The molecule has 0 aliphatic rings. The van der Waals surface area contributed by atoms with Crippen LogP contribution in [-0.4, -0.2) is 16.7 Å². The predicted octanol–water partition coefficient (Wildman–Crippen LogP) is 3.74. The third-order valence-electron chi connectivity index (χ3n) is 3.00. The van der Waals surface area contributed by atoms with Gasteiger partial charge in [-0.2, -0.15) is 4.98 Å². The molecule has 0 bridgehead atoms. The molecule has 1 atom stereocenters. The molecule has 0 aliphatic heterocycles. The average Bonchev–Trinajstić information content (AvgIpc) is 2.82. The maximum absolute atomic E-state index is 5.97. The van der Waals surface area contributed by atoms with E-state index in [-0.39, 0.29) is 5.92 Å². The van der Waals surface area contributed by atoms with Crippen LogP contribution in [0.5, 0.6) is 0 Å². The van der Waals surface area contributed by atoms with Crippen LogP contribution in [0, 0.1) is 5.92 Å². The minimum Gasteiger partial charge on any atom is -0.339 e. The van der Waals surface area contributed by atoms with E-state index in [9.17, 15) is 0 Å². The third-order valence-corrected chi connectivity index (χ3v) is 3.73. The van der Waals surface area contributed by atoms with Crippen LogP contribution in [0.15, 0.2) is 22.7 Å². The van der Waals surface area contributed by atoms with Crippen molar-refractivity contribution in [2.24, 2.45) is 11.7 Å². The molecule has 0 saturated carbocycles. The molecule has 0 saturated heterocycles. The summed E-state index contributed by atoms with van der Waals surface area (Å²) in [6.45, 7) is 4.61. The Morgan fingerprint density at radius 3 is 2.58 bits per heavy atom. The van der Waals surface area contributed by atoms with E-state index in [1.165, 1.54) is 0 Å². The van der Waals surface area contributed by atoms with Crippen LogP contribution < -0.4 is 5.73 Å². The number of benzene rings is 1. The van der Waals surface area contributed by atoms with E-state index >= 15 is 0 Å². The van der Waals surface area contributed by atoms with Gasteiger partial charge in [-0.15, -0.1) is 0 Å². The summed E-state index contributed by atoms with van der Waals surface area (Å²) >= 11 is 11.8. The van der Waals surface area contributed by atoms with Crippen molar-refractivity contribution in [2.45, 2.75) is 19.8 Å². The predicted molar refractivity (Wildman–Crippen MR) is 76.4 cm³/mol. The number of nitrogens with zero attached hydrogens (tertiary/aromatic N) is 2. The number of hydrogen-bond donors (Lipinski definition) is 1. The lowest BCUT2D eigenvalue weighted by atomic mass is 9.96. The van der Waals surface area contributed by atoms with Crippen molar-refractivity contribution < 1.29 is 4.52 Å². The van der Waals surface area contributed by atoms with E-state index in [4.69, 9.17) is 33.5 Å². The van der Waals surface area contributed by atoms with Crippen LogP contribution in [0.1, 0.15) is 25.7 Å². The Hall–Kier alpha value is -1.10. The number of halogens is 2. The molecule has 2 rings (SSSR count). The number of rotatable bonds is 4. The lowest BCUT2D eigenvalue weighted by Crippen LogP contribution is -2.18. The monoisotopic (exact) mass is 299 g/mol. The molecule has 0 aliphatic carbocycles. The molecule has 2 aromatic rings. The van der Waals surface area contributed by atoms with Gasteiger partial charge in [0.1, 0.15) is 0 Å². The van der Waals surface area contributed by atoms with Gasteiger partial charge in [-0.3, -0.25) is 0 Å². The van der Waals surface area contributed by atoms with E-state index in [1.807, 2.05) is 0 Å². The van der Waals surface area contributed by atoms with Gasteiger partial charge in [0.15, 0.2) is 0 Å². The Balaban J connectivity index is 2.32. The second-order valence-corrected chi connectivity index (χ2v) is 5.49. The molecule has 1 aromatic carbocycles. The highest BCUT2D eigenvalue weighted by molar-refractivity contribution is 6.42. The molecule has 6 heteroatoms. The number of hydrogen-bond acceptors (Lipinski definition) is 4. The molecule has 1 aromatic heterocycles. The van der Waals surface area contributed by atoms with Crippen LogP contribution in [0.3, 0.4) is 0 Å². The molecule has 2 N–H and O–H groups in total. The second-order valence-electron chi connectivity index (χ2n) is 4.67. The molecule has 0 amide bonds. The number of aromatic nitrogens is 2. The van der Waals surface area contributed by atoms with Crippen molar-refractivity contribution in [3.8, 4) is 11.4 Å². The van der Waals surface area contributed by atoms with Crippen LogP contribution in [-0.2, 0) is 0 Å². The van der Waals surface area contributed by atoms with Gasteiger partial charge in [-0.25, -0.2) is 0 Å². The van der Waals surface area contributed by atoms with Crippen molar-refractivity contribution in [1.29, 1.82) is 0 Å². The fourth-order valence-electron chi connectivity index (χ4n) is 1.80. The molecule has 0 radical (unpaired) electrons. The van der Waals surface area contributed by atoms with E-state index < -0.39 is 0 Å². The molecular formula is C13H15Cl2N3O. The van der Waals surface area contributed by atoms with E-state index in [0.717, 1.165) is 5.56 Å². The quantitative estimate of drug-likeness (QED) is 0.934. The van der Waals surface area contributed by atoms with Crippen molar-refractivity contribution >= 4 is 23.2 Å². The first kappa shape index (κ1) is 14.3. The lowest BCUT2D eigenvalue weighted by molar-refractivity contribution is 0.324. The Labute approximate surface area is 121 Å². The molecule has 4 nitrogen and oxygen atoms in total. The summed E-state index contributed by atoms with van der Waals surface area (Å²) in [5.41, 5.74) is 6.50. The smallest absolute Gasteiger partial charge is 0.231 e. The maximum Gasteiger partial charge on any atom is 0.231 e. The van der Waals surface area contributed by atoms with E-state index in [0.29, 0.717) is 34.2 Å². The Kier molecular flexibility index (Phi) is 4.45. The highest BCUT2D eigenvalue weighted by atomic mass is 35.5. The molecule has 1 unspecified atom stereocenters. The first-order valence-electron chi connectivity index (χ1n) is 6.02. The minimum absolute atomic E-state index is 0.0593. The van der Waals surface area contributed by atoms with Crippen LogP contribution in [0.4, 0.5) is 0 Å². The van der Waals surface area contributed by atoms with Gasteiger partial charge in [-0.05, 0) is 24.1 Å². The fourth-order valence-corrected chi connectivity index (χ4v) is 2.09. The van der Waals surface area contributed by atoms with Crippen molar-refractivity contribution in [2.75, 3.05) is 6.54 Å². The average molecular weight is 300 g/mol. The van der Waals surface area contributed by atoms with Gasteiger partial charge >= 0.3 is 0 Å². The molecule has 0 fully saturated rings. The highest BCUT2D eigenvalue weighted by Crippen LogP contribution is 2.29. The summed E-state index contributed by atoms with van der Waals surface area (Å²) < 4.78 is 5.29. The normalized spacial score (nSPS) is 12.9. The van der Waals surface area contributed by atoms with Crippen molar-refractivity contribution in [3.63, 3.8) is 0 Å². The topological polar surface area (TPSA) is 64.9 Å². The fraction of sp³-hybridized carbons (Fsp3) is 0.385. The Morgan fingerprint density at radius 2 is 2.00 bits per heavy atom. The summed E-state index contributed by atoms with van der Waals surface area (Å²) in [4.78, 5) is 4.38. The van der Waals surface area contributed by atoms with Crippen LogP contribution in [0.25, 0.3) is 11.4 Å². The molecule has 0 spiro atoms. The van der Waals surface area contributed by atoms with Gasteiger partial charge in [0, 0.05) is 12.1 Å². The van der Waals surface area contributed by atoms with Crippen molar-refractivity contribution in [1.82, 2.24) is 10.1 Å². The summed E-state index contributed by atoms with van der Waals surface area (Å²) in [6.07, 6.45) is 0. The van der Waals surface area contributed by atoms with Gasteiger partial charge in [0.05, 0.1) is 16.0 Å². The summed E-state index contributed by atoms with van der Waals surface area (Å²) in [6, 6.07) is 5.22. The van der Waals surface area contributed by atoms with E-state index in [1.54, 1.807) is 18.2 Å². The van der Waals surface area contributed by atoms with Gasteiger partial charge in [0.25, 0.3) is 0 Å². The molecular weight excluding hydrogens is 285 g/mol. The third kappa shape index (κ3) is 3.08. The van der Waals surface area contributed by atoms with Gasteiger partial charge in [-0.1, -0.05) is 42.2 Å². The second kappa shape index (κ2) is 5.90. The maximum atomic E-state index is 5.97.